The number of esters is 1. The number of nitrogens with zero attached hydrogens (tertiary/aromatic N) is 2. The number of benzene rings is 3. The fourth-order valence-electron chi connectivity index (χ4n) is 5.62. The summed E-state index contributed by atoms with van der Waals surface area (Å²) in [5, 5.41) is 1.79. The van der Waals surface area contributed by atoms with Crippen LogP contribution in [0, 0.1) is 0 Å². The first-order valence-corrected chi connectivity index (χ1v) is 15.0. The number of ketones is 1. The molecule has 0 fully saturated rings. The molecule has 0 amide bonds. The van der Waals surface area contributed by atoms with E-state index in [9.17, 15) is 9.59 Å². The molecule has 1 aliphatic carbocycles. The normalized spacial score (nSPS) is 12.3. The second kappa shape index (κ2) is 13.4. The van der Waals surface area contributed by atoms with Gasteiger partial charge in [-0.2, -0.15) is 0 Å². The van der Waals surface area contributed by atoms with E-state index in [1.807, 2.05) is 12.1 Å². The lowest BCUT2D eigenvalue weighted by molar-refractivity contribution is 0.0459. The molecule has 0 radical (unpaired) electrons. The van der Waals surface area contributed by atoms with Crippen molar-refractivity contribution >= 4 is 22.5 Å². The number of likely N-dealkylation sites (N-methyl/N-ethyl adjacent to an activating group) is 2. The smallest absolute Gasteiger partial charge is 0.342 e. The molecule has 1 aliphatic rings. The summed E-state index contributed by atoms with van der Waals surface area (Å²) in [6.45, 7) is 18.3. The van der Waals surface area contributed by atoms with Crippen LogP contribution >= 0.6 is 0 Å². The van der Waals surface area contributed by atoms with Gasteiger partial charge in [-0.05, 0) is 73.2 Å². The van der Waals surface area contributed by atoms with Crippen molar-refractivity contribution in [2.24, 2.45) is 0 Å². The summed E-state index contributed by atoms with van der Waals surface area (Å²) in [5.74, 6) is -0.172. The first-order chi connectivity index (χ1) is 19.4. The van der Waals surface area contributed by atoms with Crippen LogP contribution in [0.5, 0.6) is 5.75 Å². The largest absolute Gasteiger partial charge is 0.491 e. The minimum Gasteiger partial charge on any atom is -0.491 e. The number of rotatable bonds is 14. The zero-order chi connectivity index (χ0) is 28.8. The van der Waals surface area contributed by atoms with Gasteiger partial charge in [-0.15, -0.1) is 0 Å². The Labute approximate surface area is 239 Å². The average molecular weight is 545 g/mol. The molecular formula is C34H44N2O4. The van der Waals surface area contributed by atoms with Gasteiger partial charge < -0.3 is 19.3 Å². The van der Waals surface area contributed by atoms with Crippen LogP contribution in [0.25, 0.3) is 21.9 Å². The van der Waals surface area contributed by atoms with Crippen LogP contribution in [0.1, 0.15) is 78.9 Å². The third kappa shape index (κ3) is 5.79. The Kier molecular flexibility index (Phi) is 9.99. The Bertz CT molecular complexity index is 1370. The fraction of sp³-hybridized carbons (Fsp3) is 0.471. The maximum Gasteiger partial charge on any atom is 0.342 e. The number of carbonyl (C=O) groups excluding carboxylic acids is 2. The molecule has 0 bridgehead atoms. The van der Waals surface area contributed by atoms with Crippen molar-refractivity contribution in [2.75, 3.05) is 52.5 Å². The maximum absolute atomic E-state index is 14.1. The van der Waals surface area contributed by atoms with E-state index in [4.69, 9.17) is 9.47 Å². The summed E-state index contributed by atoms with van der Waals surface area (Å²) < 4.78 is 12.4. The second-order valence-electron chi connectivity index (χ2n) is 10.3. The van der Waals surface area contributed by atoms with E-state index < -0.39 is 5.97 Å². The first-order valence-electron chi connectivity index (χ1n) is 15.0. The minimum atomic E-state index is -0.498. The Morgan fingerprint density at radius 1 is 0.700 bits per heavy atom. The van der Waals surface area contributed by atoms with Crippen LogP contribution in [0.3, 0.4) is 0 Å². The van der Waals surface area contributed by atoms with E-state index >= 15 is 0 Å². The molecule has 0 aromatic heterocycles. The zero-order valence-electron chi connectivity index (χ0n) is 25.1. The molecule has 3 aromatic rings. The molecule has 0 aliphatic heterocycles. The monoisotopic (exact) mass is 544 g/mol. The van der Waals surface area contributed by atoms with Gasteiger partial charge >= 0.3 is 5.97 Å². The molecule has 0 atom stereocenters. The first kappa shape index (κ1) is 29.8. The van der Waals surface area contributed by atoms with Crippen molar-refractivity contribution in [3.05, 3.63) is 64.2 Å². The minimum absolute atomic E-state index is 0.133. The van der Waals surface area contributed by atoms with Crippen molar-refractivity contribution in [2.45, 2.75) is 54.4 Å². The van der Waals surface area contributed by atoms with Crippen LogP contribution in [0.15, 0.2) is 36.4 Å². The number of fused-ring (bicyclic) bond motifs is 5. The van der Waals surface area contributed by atoms with Crippen LogP contribution in [0.4, 0.5) is 0 Å². The molecule has 40 heavy (non-hydrogen) atoms. The highest BCUT2D eigenvalue weighted by Gasteiger charge is 2.37. The Hall–Kier alpha value is -3.22. The summed E-state index contributed by atoms with van der Waals surface area (Å²) in [6.07, 6.45) is 1.68. The summed E-state index contributed by atoms with van der Waals surface area (Å²) in [5.41, 5.74) is 5.24. The van der Waals surface area contributed by atoms with Crippen LogP contribution in [0.2, 0.25) is 0 Å². The van der Waals surface area contributed by atoms with E-state index in [2.05, 4.69) is 75.6 Å². The van der Waals surface area contributed by atoms with Crippen LogP contribution in [-0.4, -0.2) is 74.0 Å². The molecule has 3 aromatic carbocycles. The van der Waals surface area contributed by atoms with Crippen LogP contribution in [-0.2, 0) is 17.6 Å². The Morgan fingerprint density at radius 2 is 1.30 bits per heavy atom. The van der Waals surface area contributed by atoms with Gasteiger partial charge in [0.1, 0.15) is 24.5 Å². The van der Waals surface area contributed by atoms with Crippen molar-refractivity contribution in [1.82, 2.24) is 9.80 Å². The highest BCUT2D eigenvalue weighted by Crippen LogP contribution is 2.48. The van der Waals surface area contributed by atoms with Gasteiger partial charge in [-0.1, -0.05) is 65.8 Å². The third-order valence-electron chi connectivity index (χ3n) is 8.25. The standard InChI is InChI=1S/C34H44N2O4/c1-7-23-13-15-25-27(21-23)32(37)30-29(25)26-16-14-24(8-2)22-28(26)33(39-19-17-35(9-3)10-4)31(30)34(38)40-20-18-36(11-5)12-6/h13-16,21-22H,7-12,17-20H2,1-6H3. The Balaban J connectivity index is 1.90. The molecule has 0 N–H and O–H groups in total. The van der Waals surface area contributed by atoms with E-state index in [1.54, 1.807) is 0 Å². The third-order valence-corrected chi connectivity index (χ3v) is 8.25. The highest BCUT2D eigenvalue weighted by atomic mass is 16.5. The predicted molar refractivity (Wildman–Crippen MR) is 163 cm³/mol. The molecule has 6 heteroatoms. The zero-order valence-corrected chi connectivity index (χ0v) is 25.1. The van der Waals surface area contributed by atoms with E-state index in [0.717, 1.165) is 78.6 Å². The predicted octanol–water partition coefficient (Wildman–Crippen LogP) is 6.40. The lowest BCUT2D eigenvalue weighted by Crippen LogP contribution is -2.29. The lowest BCUT2D eigenvalue weighted by atomic mass is 9.91. The molecule has 4 rings (SSSR count). The van der Waals surface area contributed by atoms with E-state index in [0.29, 0.717) is 30.0 Å². The van der Waals surface area contributed by atoms with Gasteiger partial charge in [-0.3, -0.25) is 4.79 Å². The average Bonchev–Trinajstić information content (AvgIpc) is 3.28. The molecule has 0 spiro atoms. The molecule has 214 valence electrons. The highest BCUT2D eigenvalue weighted by molar-refractivity contribution is 6.31. The second-order valence-corrected chi connectivity index (χ2v) is 10.3. The summed E-state index contributed by atoms with van der Waals surface area (Å²) in [7, 11) is 0. The maximum atomic E-state index is 14.1. The number of ether oxygens (including phenoxy) is 2. The van der Waals surface area contributed by atoms with Gasteiger partial charge in [0.15, 0.2) is 5.78 Å². The molecular weight excluding hydrogens is 500 g/mol. The summed E-state index contributed by atoms with van der Waals surface area (Å²) in [4.78, 5) is 32.5. The molecule has 0 saturated heterocycles. The topological polar surface area (TPSA) is 59.1 Å². The fourth-order valence-corrected chi connectivity index (χ4v) is 5.62. The van der Waals surface area contributed by atoms with Gasteiger partial charge in [0.2, 0.25) is 0 Å². The van der Waals surface area contributed by atoms with Gasteiger partial charge in [0, 0.05) is 35.2 Å². The Morgan fingerprint density at radius 3 is 1.93 bits per heavy atom. The van der Waals surface area contributed by atoms with E-state index in [-0.39, 0.29) is 18.0 Å². The van der Waals surface area contributed by atoms with Crippen LogP contribution < -0.4 is 4.74 Å². The number of carbonyl (C=O) groups is 2. The van der Waals surface area contributed by atoms with Gasteiger partial charge in [0.05, 0.1) is 0 Å². The molecule has 0 heterocycles. The quantitative estimate of drug-likeness (QED) is 0.171. The van der Waals surface area contributed by atoms with Gasteiger partial charge in [0.25, 0.3) is 0 Å². The van der Waals surface area contributed by atoms with E-state index in [1.165, 1.54) is 0 Å². The van der Waals surface area contributed by atoms with Crippen molar-refractivity contribution in [3.63, 3.8) is 0 Å². The molecule has 6 nitrogen and oxygen atoms in total. The van der Waals surface area contributed by atoms with Gasteiger partial charge in [-0.25, -0.2) is 4.79 Å². The SMILES string of the molecule is CCc1ccc2c(c1)C(=O)c1c(C(=O)OCCN(CC)CC)c(OCCN(CC)CC)c3cc(CC)ccc3c1-2. The number of hydrogen-bond donors (Lipinski definition) is 0. The van der Waals surface area contributed by atoms with Crippen molar-refractivity contribution in [3.8, 4) is 16.9 Å². The van der Waals surface area contributed by atoms with Crippen molar-refractivity contribution in [1.29, 1.82) is 0 Å². The number of aryl methyl sites for hydroxylation is 2. The van der Waals surface area contributed by atoms with Crippen molar-refractivity contribution < 1.29 is 19.1 Å². The molecule has 0 unspecified atom stereocenters. The summed E-state index contributed by atoms with van der Waals surface area (Å²) in [6, 6.07) is 12.4. The molecule has 0 saturated carbocycles. The summed E-state index contributed by atoms with van der Waals surface area (Å²) >= 11 is 0. The lowest BCUT2D eigenvalue weighted by Gasteiger charge is -2.22. The number of hydrogen-bond acceptors (Lipinski definition) is 6.